The van der Waals surface area contributed by atoms with E-state index in [2.05, 4.69) is 20.9 Å². The molecule has 0 saturated heterocycles. The Balaban J connectivity index is 1.46. The molecule has 0 aliphatic heterocycles. The van der Waals surface area contributed by atoms with Crippen LogP contribution in [0.15, 0.2) is 24.5 Å². The molecule has 1 heterocycles. The molecule has 26 heavy (non-hydrogen) atoms. The van der Waals surface area contributed by atoms with Crippen molar-refractivity contribution in [3.05, 3.63) is 30.1 Å². The number of nitrogens with one attached hydrogen (secondary N) is 3. The maximum atomic E-state index is 11.7. The Bertz CT molecular complexity index is 531. The van der Waals surface area contributed by atoms with Gasteiger partial charge in [-0.1, -0.05) is 31.7 Å². The summed E-state index contributed by atoms with van der Waals surface area (Å²) in [5.41, 5.74) is 0.916. The molecule has 7 heteroatoms. The molecule has 3 N–H and O–H groups in total. The predicted octanol–water partition coefficient (Wildman–Crippen LogP) is 1.14. The summed E-state index contributed by atoms with van der Waals surface area (Å²) in [7, 11) is 0. The van der Waals surface area contributed by atoms with Crippen LogP contribution >= 0.6 is 0 Å². The van der Waals surface area contributed by atoms with Crippen LogP contribution in [0.4, 0.5) is 0 Å². The van der Waals surface area contributed by atoms with Crippen LogP contribution in [0.5, 0.6) is 0 Å². The third kappa shape index (κ3) is 8.92. The van der Waals surface area contributed by atoms with Gasteiger partial charge in [0, 0.05) is 38.1 Å². The Morgan fingerprint density at radius 1 is 1.04 bits per heavy atom. The third-order valence-electron chi connectivity index (χ3n) is 4.41. The van der Waals surface area contributed by atoms with E-state index in [9.17, 15) is 9.59 Å². The zero-order valence-electron chi connectivity index (χ0n) is 15.3. The summed E-state index contributed by atoms with van der Waals surface area (Å²) in [6.45, 7) is 1.50. The first-order valence-electron chi connectivity index (χ1n) is 9.47. The molecular formula is C19H30N4O3. The number of rotatable bonds is 10. The first-order valence-corrected chi connectivity index (χ1v) is 9.47. The lowest BCUT2D eigenvalue weighted by molar-refractivity contribution is -0.131. The summed E-state index contributed by atoms with van der Waals surface area (Å²) < 4.78 is 5.15. The molecule has 0 aromatic carbocycles. The minimum atomic E-state index is -0.253. The maximum absolute atomic E-state index is 11.7. The zero-order chi connectivity index (χ0) is 18.5. The number of carbonyl (C=O) groups excluding carboxylic acids is 2. The highest BCUT2D eigenvalue weighted by atomic mass is 16.5. The highest BCUT2D eigenvalue weighted by molar-refractivity contribution is 5.79. The van der Waals surface area contributed by atoms with Crippen LogP contribution in [0, 0.1) is 0 Å². The molecule has 144 valence electrons. The molecule has 1 aromatic rings. The fourth-order valence-corrected chi connectivity index (χ4v) is 3.00. The number of pyridine rings is 1. The second kappa shape index (κ2) is 12.4. The molecule has 2 rings (SSSR count). The van der Waals surface area contributed by atoms with Gasteiger partial charge in [0.2, 0.25) is 11.8 Å². The zero-order valence-corrected chi connectivity index (χ0v) is 15.3. The molecule has 2 amide bonds. The number of nitrogens with zero attached hydrogens (tertiary/aromatic N) is 1. The Morgan fingerprint density at radius 3 is 2.46 bits per heavy atom. The van der Waals surface area contributed by atoms with E-state index < -0.39 is 0 Å². The van der Waals surface area contributed by atoms with Gasteiger partial charge >= 0.3 is 0 Å². The van der Waals surface area contributed by atoms with Crippen molar-refractivity contribution in [2.75, 3.05) is 26.3 Å². The van der Waals surface area contributed by atoms with E-state index in [1.165, 1.54) is 38.5 Å². The third-order valence-corrected chi connectivity index (χ3v) is 4.41. The Kier molecular flexibility index (Phi) is 9.67. The topological polar surface area (TPSA) is 92.4 Å². The SMILES string of the molecule is O=C(COCC(=O)NCc1cccnc1)NCCNC1CCCCCC1. The van der Waals surface area contributed by atoms with Crippen molar-refractivity contribution in [3.63, 3.8) is 0 Å². The van der Waals surface area contributed by atoms with Crippen LogP contribution < -0.4 is 16.0 Å². The fourth-order valence-electron chi connectivity index (χ4n) is 3.00. The number of hydrogen-bond donors (Lipinski definition) is 3. The summed E-state index contributed by atoms with van der Waals surface area (Å²) in [5.74, 6) is -0.454. The molecule has 1 aromatic heterocycles. The second-order valence-corrected chi connectivity index (χ2v) is 6.62. The number of aromatic nitrogens is 1. The molecule has 1 aliphatic rings. The standard InChI is InChI=1S/C19H30N4O3/c24-18(22-11-10-21-17-7-3-1-2-4-8-17)14-26-15-19(25)23-13-16-6-5-9-20-12-16/h5-6,9,12,17,21H,1-4,7-8,10-11,13-15H2,(H,22,24)(H,23,25). The first-order chi connectivity index (χ1) is 12.7. The second-order valence-electron chi connectivity index (χ2n) is 6.62. The maximum Gasteiger partial charge on any atom is 0.246 e. The van der Waals surface area contributed by atoms with Gasteiger partial charge in [-0.05, 0) is 24.5 Å². The molecule has 1 fully saturated rings. The smallest absolute Gasteiger partial charge is 0.246 e. The average Bonchev–Trinajstić information content (AvgIpc) is 2.93. The molecule has 0 atom stereocenters. The van der Waals surface area contributed by atoms with E-state index >= 15 is 0 Å². The van der Waals surface area contributed by atoms with Crippen molar-refractivity contribution in [1.29, 1.82) is 0 Å². The highest BCUT2D eigenvalue weighted by Gasteiger charge is 2.11. The van der Waals surface area contributed by atoms with Gasteiger partial charge in [-0.3, -0.25) is 14.6 Å². The molecule has 1 aliphatic carbocycles. The molecule has 0 unspecified atom stereocenters. The molecule has 1 saturated carbocycles. The number of carbonyl (C=O) groups is 2. The summed E-state index contributed by atoms with van der Waals surface area (Å²) >= 11 is 0. The van der Waals surface area contributed by atoms with Gasteiger partial charge in [-0.2, -0.15) is 0 Å². The average molecular weight is 362 g/mol. The van der Waals surface area contributed by atoms with Crippen molar-refractivity contribution in [3.8, 4) is 0 Å². The van der Waals surface area contributed by atoms with Crippen LogP contribution in [-0.2, 0) is 20.9 Å². The Labute approximate surface area is 155 Å². The Morgan fingerprint density at radius 2 is 1.77 bits per heavy atom. The molecule has 0 radical (unpaired) electrons. The number of ether oxygens (including phenoxy) is 1. The van der Waals surface area contributed by atoms with E-state index in [0.717, 1.165) is 12.1 Å². The monoisotopic (exact) mass is 362 g/mol. The number of hydrogen-bond acceptors (Lipinski definition) is 5. The van der Waals surface area contributed by atoms with E-state index in [4.69, 9.17) is 4.74 Å². The Hall–Kier alpha value is -1.99. The van der Waals surface area contributed by atoms with Crippen molar-refractivity contribution >= 4 is 11.8 Å². The largest absolute Gasteiger partial charge is 0.362 e. The van der Waals surface area contributed by atoms with E-state index in [0.29, 0.717) is 19.1 Å². The predicted molar refractivity (Wildman–Crippen MR) is 99.4 cm³/mol. The first kappa shape index (κ1) is 20.3. The van der Waals surface area contributed by atoms with Crippen molar-refractivity contribution < 1.29 is 14.3 Å². The minimum Gasteiger partial charge on any atom is -0.362 e. The lowest BCUT2D eigenvalue weighted by Gasteiger charge is -2.16. The molecule has 7 nitrogen and oxygen atoms in total. The highest BCUT2D eigenvalue weighted by Crippen LogP contribution is 2.16. The summed E-state index contributed by atoms with van der Waals surface area (Å²) in [6.07, 6.45) is 11.1. The van der Waals surface area contributed by atoms with Crippen LogP contribution in [0.25, 0.3) is 0 Å². The number of amides is 2. The molecule has 0 spiro atoms. The lowest BCUT2D eigenvalue weighted by Crippen LogP contribution is -2.38. The van der Waals surface area contributed by atoms with E-state index in [1.54, 1.807) is 12.4 Å². The van der Waals surface area contributed by atoms with Crippen molar-refractivity contribution in [1.82, 2.24) is 20.9 Å². The van der Waals surface area contributed by atoms with Crippen molar-refractivity contribution in [2.24, 2.45) is 0 Å². The van der Waals surface area contributed by atoms with Gasteiger partial charge in [0.25, 0.3) is 0 Å². The summed E-state index contributed by atoms with van der Waals surface area (Å²) in [5, 5.41) is 9.02. The van der Waals surface area contributed by atoms with Gasteiger partial charge < -0.3 is 20.7 Å². The van der Waals surface area contributed by atoms with Gasteiger partial charge in [0.05, 0.1) is 0 Å². The lowest BCUT2D eigenvalue weighted by atomic mass is 10.1. The van der Waals surface area contributed by atoms with E-state index in [1.807, 2.05) is 12.1 Å². The van der Waals surface area contributed by atoms with Gasteiger partial charge in [0.1, 0.15) is 13.2 Å². The summed E-state index contributed by atoms with van der Waals surface area (Å²) in [4.78, 5) is 27.3. The normalized spacial score (nSPS) is 15.2. The van der Waals surface area contributed by atoms with Gasteiger partial charge in [-0.25, -0.2) is 0 Å². The minimum absolute atomic E-state index is 0.107. The van der Waals surface area contributed by atoms with Crippen LogP contribution in [0.1, 0.15) is 44.1 Å². The summed E-state index contributed by atoms with van der Waals surface area (Å²) in [6, 6.07) is 4.27. The quantitative estimate of drug-likeness (QED) is 0.429. The fraction of sp³-hybridized carbons (Fsp3) is 0.632. The molecule has 0 bridgehead atoms. The molecular weight excluding hydrogens is 332 g/mol. The van der Waals surface area contributed by atoms with E-state index in [-0.39, 0.29) is 25.0 Å². The van der Waals surface area contributed by atoms with Crippen LogP contribution in [-0.4, -0.2) is 49.1 Å². The van der Waals surface area contributed by atoms with Crippen molar-refractivity contribution in [2.45, 2.75) is 51.1 Å². The van der Waals surface area contributed by atoms with Crippen LogP contribution in [0.2, 0.25) is 0 Å². The van der Waals surface area contributed by atoms with Gasteiger partial charge in [-0.15, -0.1) is 0 Å². The van der Waals surface area contributed by atoms with Crippen LogP contribution in [0.3, 0.4) is 0 Å². The van der Waals surface area contributed by atoms with Gasteiger partial charge in [0.15, 0.2) is 0 Å².